The average Bonchev–Trinajstić information content (AvgIpc) is 2.66. The lowest BCUT2D eigenvalue weighted by atomic mass is 10.2. The van der Waals surface area contributed by atoms with Crippen LogP contribution < -0.4 is 10.1 Å². The zero-order valence-electron chi connectivity index (χ0n) is 14.3. The number of carboxylic acids is 1. The van der Waals surface area contributed by atoms with Crippen LogP contribution in [-0.4, -0.2) is 11.1 Å². The van der Waals surface area contributed by atoms with Gasteiger partial charge in [0, 0.05) is 12.2 Å². The Balaban J connectivity index is 1.59. The SMILES string of the molecule is O=C(O)c1ccc(NCc2cccc(OCc3ccc(F)cc3)c2)cc1Cl. The molecule has 0 amide bonds. The van der Waals surface area contributed by atoms with E-state index < -0.39 is 5.97 Å². The van der Waals surface area contributed by atoms with Gasteiger partial charge in [-0.1, -0.05) is 35.9 Å². The normalized spacial score (nSPS) is 10.4. The molecule has 138 valence electrons. The molecule has 3 aromatic carbocycles. The van der Waals surface area contributed by atoms with Crippen molar-refractivity contribution < 1.29 is 19.0 Å². The van der Waals surface area contributed by atoms with Crippen LogP contribution in [0, 0.1) is 5.82 Å². The molecule has 0 saturated heterocycles. The number of carboxylic acid groups (broad SMARTS) is 1. The molecule has 0 unspecified atom stereocenters. The van der Waals surface area contributed by atoms with E-state index in [1.807, 2.05) is 24.3 Å². The summed E-state index contributed by atoms with van der Waals surface area (Å²) in [4.78, 5) is 11.0. The highest BCUT2D eigenvalue weighted by Crippen LogP contribution is 2.22. The Bertz CT molecular complexity index is 944. The van der Waals surface area contributed by atoms with Crippen molar-refractivity contribution in [1.82, 2.24) is 0 Å². The molecule has 0 aromatic heterocycles. The third kappa shape index (κ3) is 5.21. The Labute approximate surface area is 161 Å². The Kier molecular flexibility index (Phi) is 5.94. The highest BCUT2D eigenvalue weighted by Gasteiger charge is 2.08. The number of aromatic carboxylic acids is 1. The number of anilines is 1. The fraction of sp³-hybridized carbons (Fsp3) is 0.0952. The topological polar surface area (TPSA) is 58.6 Å². The van der Waals surface area contributed by atoms with Crippen LogP contribution in [-0.2, 0) is 13.2 Å². The van der Waals surface area contributed by atoms with Gasteiger partial charge in [-0.2, -0.15) is 0 Å². The predicted octanol–water partition coefficient (Wildman–Crippen LogP) is 5.37. The number of benzene rings is 3. The number of rotatable bonds is 7. The van der Waals surface area contributed by atoms with Crippen LogP contribution in [0.4, 0.5) is 10.1 Å². The van der Waals surface area contributed by atoms with Crippen molar-refractivity contribution in [3.05, 3.63) is 94.3 Å². The number of carbonyl (C=O) groups is 1. The fourth-order valence-electron chi connectivity index (χ4n) is 2.50. The van der Waals surface area contributed by atoms with Crippen molar-refractivity contribution in [2.24, 2.45) is 0 Å². The summed E-state index contributed by atoms with van der Waals surface area (Å²) < 4.78 is 18.7. The van der Waals surface area contributed by atoms with Gasteiger partial charge in [-0.25, -0.2) is 9.18 Å². The van der Waals surface area contributed by atoms with Gasteiger partial charge >= 0.3 is 5.97 Å². The fourth-order valence-corrected chi connectivity index (χ4v) is 2.76. The molecule has 0 radical (unpaired) electrons. The third-order valence-corrected chi connectivity index (χ3v) is 4.23. The molecule has 0 aliphatic rings. The maximum absolute atomic E-state index is 12.9. The van der Waals surface area contributed by atoms with Crippen LogP contribution >= 0.6 is 11.6 Å². The second kappa shape index (κ2) is 8.56. The monoisotopic (exact) mass is 385 g/mol. The Morgan fingerprint density at radius 3 is 2.52 bits per heavy atom. The number of halogens is 2. The van der Waals surface area contributed by atoms with Gasteiger partial charge < -0.3 is 15.2 Å². The van der Waals surface area contributed by atoms with Crippen molar-refractivity contribution in [2.45, 2.75) is 13.2 Å². The van der Waals surface area contributed by atoms with E-state index in [1.165, 1.54) is 18.2 Å². The minimum atomic E-state index is -1.06. The largest absolute Gasteiger partial charge is 0.489 e. The summed E-state index contributed by atoms with van der Waals surface area (Å²) in [7, 11) is 0. The first-order chi connectivity index (χ1) is 13.0. The second-order valence-corrected chi connectivity index (χ2v) is 6.32. The summed E-state index contributed by atoms with van der Waals surface area (Å²) in [5.74, 6) is -0.626. The molecule has 0 heterocycles. The molecule has 4 nitrogen and oxygen atoms in total. The van der Waals surface area contributed by atoms with Crippen LogP contribution in [0.3, 0.4) is 0 Å². The quantitative estimate of drug-likeness (QED) is 0.574. The molecule has 3 aromatic rings. The molecule has 6 heteroatoms. The van der Waals surface area contributed by atoms with Gasteiger partial charge in [0.15, 0.2) is 0 Å². The first-order valence-corrected chi connectivity index (χ1v) is 8.62. The number of hydrogen-bond acceptors (Lipinski definition) is 3. The van der Waals surface area contributed by atoms with E-state index in [0.717, 1.165) is 16.8 Å². The summed E-state index contributed by atoms with van der Waals surface area (Å²) in [5.41, 5.74) is 2.67. The molecule has 0 aliphatic carbocycles. The van der Waals surface area contributed by atoms with Crippen molar-refractivity contribution >= 4 is 23.3 Å². The first-order valence-electron chi connectivity index (χ1n) is 8.24. The average molecular weight is 386 g/mol. The maximum Gasteiger partial charge on any atom is 0.337 e. The molecular weight excluding hydrogens is 369 g/mol. The van der Waals surface area contributed by atoms with Crippen LogP contribution in [0.25, 0.3) is 0 Å². The smallest absolute Gasteiger partial charge is 0.337 e. The van der Waals surface area contributed by atoms with Crippen LogP contribution in [0.1, 0.15) is 21.5 Å². The Morgan fingerprint density at radius 1 is 1.04 bits per heavy atom. The number of ether oxygens (including phenoxy) is 1. The third-order valence-electron chi connectivity index (χ3n) is 3.91. The molecule has 0 fully saturated rings. The zero-order chi connectivity index (χ0) is 19.2. The number of hydrogen-bond donors (Lipinski definition) is 2. The summed E-state index contributed by atoms with van der Waals surface area (Å²) in [5, 5.41) is 12.4. The molecule has 0 bridgehead atoms. The minimum absolute atomic E-state index is 0.0680. The van der Waals surface area contributed by atoms with Crippen molar-refractivity contribution in [2.75, 3.05) is 5.32 Å². The standard InChI is InChI=1S/C21H17ClFNO3/c22-20-11-17(8-9-19(20)21(25)26)24-12-15-2-1-3-18(10-15)27-13-14-4-6-16(23)7-5-14/h1-11,24H,12-13H2,(H,25,26). The van der Waals surface area contributed by atoms with Gasteiger partial charge in [-0.05, 0) is 53.6 Å². The molecule has 0 atom stereocenters. The van der Waals surface area contributed by atoms with E-state index in [1.54, 1.807) is 24.3 Å². The molecule has 0 aliphatic heterocycles. The van der Waals surface area contributed by atoms with Gasteiger partial charge in [0.2, 0.25) is 0 Å². The van der Waals surface area contributed by atoms with Crippen molar-refractivity contribution in [3.8, 4) is 5.75 Å². The Hall–Kier alpha value is -3.05. The van der Waals surface area contributed by atoms with E-state index in [2.05, 4.69) is 5.32 Å². The highest BCUT2D eigenvalue weighted by molar-refractivity contribution is 6.33. The summed E-state index contributed by atoms with van der Waals surface area (Å²) in [6.07, 6.45) is 0. The van der Waals surface area contributed by atoms with Crippen LogP contribution in [0.5, 0.6) is 5.75 Å². The van der Waals surface area contributed by atoms with Crippen molar-refractivity contribution in [3.63, 3.8) is 0 Å². The molecular formula is C21H17ClFNO3. The lowest BCUT2D eigenvalue weighted by Crippen LogP contribution is -2.02. The lowest BCUT2D eigenvalue weighted by molar-refractivity contribution is 0.0697. The van der Waals surface area contributed by atoms with E-state index in [4.69, 9.17) is 21.4 Å². The summed E-state index contributed by atoms with van der Waals surface area (Å²) in [6.45, 7) is 0.875. The maximum atomic E-state index is 12.9. The van der Waals surface area contributed by atoms with Crippen molar-refractivity contribution in [1.29, 1.82) is 0 Å². The second-order valence-electron chi connectivity index (χ2n) is 5.92. The Morgan fingerprint density at radius 2 is 1.81 bits per heavy atom. The molecule has 0 saturated carbocycles. The van der Waals surface area contributed by atoms with Gasteiger partial charge in [-0.15, -0.1) is 0 Å². The highest BCUT2D eigenvalue weighted by atomic mass is 35.5. The molecule has 0 spiro atoms. The van der Waals surface area contributed by atoms with E-state index in [-0.39, 0.29) is 16.4 Å². The minimum Gasteiger partial charge on any atom is -0.489 e. The first kappa shape index (κ1) is 18.7. The van der Waals surface area contributed by atoms with Gasteiger partial charge in [-0.3, -0.25) is 0 Å². The van der Waals surface area contributed by atoms with Gasteiger partial charge in [0.25, 0.3) is 0 Å². The summed E-state index contributed by atoms with van der Waals surface area (Å²) >= 11 is 5.98. The molecule has 27 heavy (non-hydrogen) atoms. The van der Waals surface area contributed by atoms with Gasteiger partial charge in [0.1, 0.15) is 18.2 Å². The predicted molar refractivity (Wildman–Crippen MR) is 103 cm³/mol. The zero-order valence-corrected chi connectivity index (χ0v) is 15.0. The van der Waals surface area contributed by atoms with Crippen LogP contribution in [0.2, 0.25) is 5.02 Å². The van der Waals surface area contributed by atoms with Crippen LogP contribution in [0.15, 0.2) is 66.7 Å². The lowest BCUT2D eigenvalue weighted by Gasteiger charge is -2.11. The van der Waals surface area contributed by atoms with E-state index >= 15 is 0 Å². The summed E-state index contributed by atoms with van der Waals surface area (Å²) in [6, 6.07) is 18.5. The molecule has 3 rings (SSSR count). The van der Waals surface area contributed by atoms with Gasteiger partial charge in [0.05, 0.1) is 10.6 Å². The molecule has 2 N–H and O–H groups in total. The number of nitrogens with one attached hydrogen (secondary N) is 1. The van der Waals surface area contributed by atoms with E-state index in [9.17, 15) is 9.18 Å². The van der Waals surface area contributed by atoms with E-state index in [0.29, 0.717) is 18.9 Å².